The van der Waals surface area contributed by atoms with Crippen LogP contribution in [0.5, 0.6) is 11.5 Å². The van der Waals surface area contributed by atoms with Gasteiger partial charge in [0.15, 0.2) is 5.76 Å². The topological polar surface area (TPSA) is 133 Å². The molecule has 0 aliphatic carbocycles. The van der Waals surface area contributed by atoms with Crippen LogP contribution in [0, 0.1) is 5.92 Å². The molecule has 11 nitrogen and oxygen atoms in total. The van der Waals surface area contributed by atoms with Crippen LogP contribution in [0.1, 0.15) is 47.5 Å². The van der Waals surface area contributed by atoms with Crippen LogP contribution in [-0.2, 0) is 29.7 Å². The minimum atomic E-state index is -1.08. The van der Waals surface area contributed by atoms with Crippen LogP contribution in [0.25, 0.3) is 10.9 Å². The fraction of sp³-hybridized carbons (Fsp3) is 0.375. The molecule has 1 aromatic carbocycles. The maximum Gasteiger partial charge on any atom is 0.306 e. The van der Waals surface area contributed by atoms with Gasteiger partial charge in [0, 0.05) is 62.1 Å². The van der Waals surface area contributed by atoms with E-state index in [-0.39, 0.29) is 41.7 Å². The third-order valence-corrected chi connectivity index (χ3v) is 8.69. The van der Waals surface area contributed by atoms with Crippen molar-refractivity contribution < 1.29 is 23.8 Å². The highest BCUT2D eigenvalue weighted by molar-refractivity contribution is 5.82. The standard InChI is InChI=1S/C32H33N3O8/c1-33-26-11-21(41-2)8-7-19(26)10-24(32(33)40)23(13-29(38)42-3)31-30(39)27(36)12-22(43-31)17-34-14-18-9-20(16-34)25-5-4-6-28(37)35(25)15-18/h4-8,10-12,18,20,23,39H,9,13-17H2,1-3H3/t18-,20+,23+/m0/s1. The van der Waals surface area contributed by atoms with E-state index < -0.39 is 28.6 Å². The molecule has 5 heterocycles. The third-order valence-electron chi connectivity index (χ3n) is 8.69. The summed E-state index contributed by atoms with van der Waals surface area (Å²) in [4.78, 5) is 53.8. The van der Waals surface area contributed by atoms with Crippen molar-refractivity contribution in [2.24, 2.45) is 13.0 Å². The van der Waals surface area contributed by atoms with Crippen molar-refractivity contribution >= 4 is 16.9 Å². The molecule has 2 aliphatic heterocycles. The number of esters is 1. The number of nitrogens with zero attached hydrogens (tertiary/aromatic N) is 3. The number of methoxy groups -OCH3 is 2. The normalized spacial score (nSPS) is 18.7. The first kappa shape index (κ1) is 28.5. The number of hydrogen-bond donors (Lipinski definition) is 1. The summed E-state index contributed by atoms with van der Waals surface area (Å²) in [5.41, 5.74) is 0.719. The second-order valence-corrected chi connectivity index (χ2v) is 11.4. The summed E-state index contributed by atoms with van der Waals surface area (Å²) < 4.78 is 19.7. The zero-order valence-electron chi connectivity index (χ0n) is 24.2. The smallest absolute Gasteiger partial charge is 0.306 e. The first-order valence-electron chi connectivity index (χ1n) is 14.2. The number of piperidine rings is 1. The van der Waals surface area contributed by atoms with Gasteiger partial charge in [0.1, 0.15) is 11.5 Å². The van der Waals surface area contributed by atoms with Crippen LogP contribution < -0.4 is 21.3 Å². The van der Waals surface area contributed by atoms with Crippen molar-refractivity contribution in [1.82, 2.24) is 14.0 Å². The van der Waals surface area contributed by atoms with Crippen molar-refractivity contribution in [2.45, 2.75) is 37.8 Å². The maximum absolute atomic E-state index is 13.6. The number of rotatable bonds is 7. The third kappa shape index (κ3) is 5.25. The Bertz CT molecular complexity index is 1910. The first-order chi connectivity index (χ1) is 20.7. The summed E-state index contributed by atoms with van der Waals surface area (Å²) >= 11 is 0. The number of aromatic hydroxyl groups is 1. The van der Waals surface area contributed by atoms with Gasteiger partial charge in [-0.3, -0.25) is 24.1 Å². The Morgan fingerprint density at radius 3 is 2.65 bits per heavy atom. The molecule has 0 amide bonds. The highest BCUT2D eigenvalue weighted by atomic mass is 16.5. The van der Waals surface area contributed by atoms with E-state index in [1.54, 1.807) is 43.4 Å². The fourth-order valence-corrected chi connectivity index (χ4v) is 6.65. The second kappa shape index (κ2) is 11.2. The molecule has 3 atom stereocenters. The Balaban J connectivity index is 1.38. The Hall–Kier alpha value is -4.64. The monoisotopic (exact) mass is 587 g/mol. The maximum atomic E-state index is 13.6. The van der Waals surface area contributed by atoms with Crippen LogP contribution in [0.4, 0.5) is 0 Å². The zero-order chi connectivity index (χ0) is 30.4. The molecule has 224 valence electrons. The molecule has 0 unspecified atom stereocenters. The number of carbonyl (C=O) groups excluding carboxylic acids is 1. The van der Waals surface area contributed by atoms with Crippen LogP contribution in [0.15, 0.2) is 67.3 Å². The number of likely N-dealkylation sites (tertiary alicyclic amines) is 1. The lowest BCUT2D eigenvalue weighted by molar-refractivity contribution is -0.140. The minimum absolute atomic E-state index is 0.00504. The second-order valence-electron chi connectivity index (χ2n) is 11.4. The molecule has 2 aliphatic rings. The molecule has 0 spiro atoms. The number of fused-ring (bicyclic) bond motifs is 5. The van der Waals surface area contributed by atoms with E-state index in [1.165, 1.54) is 24.9 Å². The van der Waals surface area contributed by atoms with Gasteiger partial charge in [0.05, 0.1) is 38.6 Å². The number of carbonyl (C=O) groups is 1. The lowest BCUT2D eigenvalue weighted by Crippen LogP contribution is -2.46. The SMILES string of the molecule is COC(=O)C[C@@H](c1oc(CN2C[C@@H]3C[C@H](C2)c2cccc(=O)n2C3)cc(=O)c1O)c1cc2ccc(OC)cc2n(C)c1=O. The van der Waals surface area contributed by atoms with Gasteiger partial charge in [-0.05, 0) is 42.0 Å². The molecule has 6 rings (SSSR count). The van der Waals surface area contributed by atoms with Gasteiger partial charge in [0.25, 0.3) is 11.1 Å². The van der Waals surface area contributed by atoms with E-state index in [1.807, 2.05) is 10.6 Å². The van der Waals surface area contributed by atoms with Crippen molar-refractivity contribution in [3.8, 4) is 11.5 Å². The highest BCUT2D eigenvalue weighted by Gasteiger charge is 2.35. The van der Waals surface area contributed by atoms with Gasteiger partial charge in [0.2, 0.25) is 11.2 Å². The van der Waals surface area contributed by atoms with Crippen LogP contribution in [-0.4, -0.2) is 52.4 Å². The molecule has 0 saturated carbocycles. The van der Waals surface area contributed by atoms with Gasteiger partial charge in [-0.25, -0.2) is 0 Å². The fourth-order valence-electron chi connectivity index (χ4n) is 6.65. The van der Waals surface area contributed by atoms with Gasteiger partial charge >= 0.3 is 5.97 Å². The minimum Gasteiger partial charge on any atom is -0.502 e. The largest absolute Gasteiger partial charge is 0.502 e. The van der Waals surface area contributed by atoms with E-state index in [2.05, 4.69) is 4.90 Å². The van der Waals surface area contributed by atoms with Gasteiger partial charge in [-0.15, -0.1) is 0 Å². The highest BCUT2D eigenvalue weighted by Crippen LogP contribution is 2.37. The Labute approximate surface area is 246 Å². The molecule has 43 heavy (non-hydrogen) atoms. The molecule has 1 N–H and O–H groups in total. The van der Waals surface area contributed by atoms with Crippen molar-refractivity contribution in [1.29, 1.82) is 0 Å². The Morgan fingerprint density at radius 2 is 1.88 bits per heavy atom. The van der Waals surface area contributed by atoms with E-state index in [0.29, 0.717) is 42.0 Å². The van der Waals surface area contributed by atoms with Crippen molar-refractivity contribution in [3.63, 3.8) is 0 Å². The predicted molar refractivity (Wildman–Crippen MR) is 158 cm³/mol. The molecule has 4 aromatic rings. The number of ether oxygens (including phenoxy) is 2. The van der Waals surface area contributed by atoms with Crippen LogP contribution >= 0.6 is 0 Å². The molecule has 3 aromatic heterocycles. The molecular weight excluding hydrogens is 554 g/mol. The number of hydrogen-bond acceptors (Lipinski definition) is 9. The molecule has 11 heteroatoms. The van der Waals surface area contributed by atoms with Crippen molar-refractivity contribution in [2.75, 3.05) is 27.3 Å². The molecular formula is C32H33N3O8. The molecule has 1 fully saturated rings. The molecule has 1 saturated heterocycles. The van der Waals surface area contributed by atoms with E-state index in [4.69, 9.17) is 13.9 Å². The van der Waals surface area contributed by atoms with Gasteiger partial charge in [-0.2, -0.15) is 0 Å². The number of pyridine rings is 2. The zero-order valence-corrected chi connectivity index (χ0v) is 24.2. The Kier molecular flexibility index (Phi) is 7.43. The Morgan fingerprint density at radius 1 is 1.07 bits per heavy atom. The van der Waals surface area contributed by atoms with Gasteiger partial charge in [-0.1, -0.05) is 6.07 Å². The van der Waals surface area contributed by atoms with E-state index >= 15 is 0 Å². The summed E-state index contributed by atoms with van der Waals surface area (Å²) in [5, 5.41) is 11.6. The van der Waals surface area contributed by atoms with Crippen LogP contribution in [0.3, 0.4) is 0 Å². The first-order valence-corrected chi connectivity index (χ1v) is 14.2. The predicted octanol–water partition coefficient (Wildman–Crippen LogP) is 2.68. The summed E-state index contributed by atoms with van der Waals surface area (Å²) in [6.07, 6.45) is 0.649. The van der Waals surface area contributed by atoms with E-state index in [0.717, 1.165) is 12.1 Å². The lowest BCUT2D eigenvalue weighted by Gasteiger charge is -2.42. The number of aromatic nitrogens is 2. The lowest BCUT2D eigenvalue weighted by atomic mass is 9.83. The molecule has 0 radical (unpaired) electrons. The summed E-state index contributed by atoms with van der Waals surface area (Å²) in [5.74, 6) is -1.21. The van der Waals surface area contributed by atoms with Crippen molar-refractivity contribution in [3.05, 3.63) is 102 Å². The molecule has 2 bridgehead atoms. The summed E-state index contributed by atoms with van der Waals surface area (Å²) in [7, 11) is 4.37. The van der Waals surface area contributed by atoms with Crippen LogP contribution in [0.2, 0.25) is 0 Å². The average molecular weight is 588 g/mol. The summed E-state index contributed by atoms with van der Waals surface area (Å²) in [6.45, 7) is 2.29. The number of benzene rings is 1. The van der Waals surface area contributed by atoms with Gasteiger partial charge < -0.3 is 28.1 Å². The quantitative estimate of drug-likeness (QED) is 0.324. The number of aryl methyl sites for hydroxylation is 1. The van der Waals surface area contributed by atoms with E-state index in [9.17, 15) is 24.3 Å². The average Bonchev–Trinajstić information content (AvgIpc) is 3.00. The summed E-state index contributed by atoms with van der Waals surface area (Å²) in [6, 6.07) is 13.5.